The van der Waals surface area contributed by atoms with Gasteiger partial charge in [0.05, 0.1) is 11.4 Å². The first-order chi connectivity index (χ1) is 14.8. The third-order valence-electron chi connectivity index (χ3n) is 5.23. The van der Waals surface area contributed by atoms with Crippen LogP contribution < -0.4 is 5.32 Å². The fourth-order valence-corrected chi connectivity index (χ4v) is 4.54. The Morgan fingerprint density at radius 2 is 1.88 bits per heavy atom. The minimum Gasteiger partial charge on any atom is -0.386 e. The van der Waals surface area contributed by atoms with Crippen LogP contribution >= 0.6 is 46.6 Å². The molecule has 0 bridgehead atoms. The van der Waals surface area contributed by atoms with E-state index in [1.807, 2.05) is 18.2 Å². The molecule has 0 radical (unpaired) electrons. The van der Waals surface area contributed by atoms with E-state index in [4.69, 9.17) is 34.8 Å². The lowest BCUT2D eigenvalue weighted by atomic mass is 9.89. The molecular formula is C22H23Cl3N4O2S. The van der Waals surface area contributed by atoms with E-state index in [-0.39, 0.29) is 25.6 Å². The van der Waals surface area contributed by atoms with E-state index in [1.54, 1.807) is 30.3 Å². The van der Waals surface area contributed by atoms with Crippen molar-refractivity contribution in [1.29, 1.82) is 0 Å². The van der Waals surface area contributed by atoms with E-state index in [0.717, 1.165) is 17.3 Å². The number of carbonyl (C=O) groups is 1. The van der Waals surface area contributed by atoms with E-state index in [9.17, 15) is 9.90 Å². The first kappa shape index (κ1) is 24.9. The van der Waals surface area contributed by atoms with E-state index in [1.165, 1.54) is 11.0 Å². The molecule has 10 heteroatoms. The Balaban J connectivity index is 0.00000289. The van der Waals surface area contributed by atoms with Crippen LogP contribution in [-0.4, -0.2) is 35.6 Å². The molecule has 1 unspecified atom stereocenters. The number of hydrogen-bond acceptors (Lipinski definition) is 5. The van der Waals surface area contributed by atoms with Crippen molar-refractivity contribution < 1.29 is 9.90 Å². The monoisotopic (exact) mass is 512 g/mol. The lowest BCUT2D eigenvalue weighted by Crippen LogP contribution is -2.47. The number of thioether (sulfide) groups is 1. The van der Waals surface area contributed by atoms with Gasteiger partial charge in [-0.25, -0.2) is 9.67 Å². The Morgan fingerprint density at radius 3 is 2.53 bits per heavy atom. The quantitative estimate of drug-likeness (QED) is 0.287. The molecule has 2 aromatic carbocycles. The number of nitrogens with one attached hydrogen (secondary N) is 1. The van der Waals surface area contributed by atoms with Crippen LogP contribution in [0.1, 0.15) is 25.8 Å². The van der Waals surface area contributed by atoms with Crippen LogP contribution in [0, 0.1) is 0 Å². The van der Waals surface area contributed by atoms with Gasteiger partial charge in [0.25, 0.3) is 5.24 Å². The Morgan fingerprint density at radius 1 is 1.19 bits per heavy atom. The van der Waals surface area contributed by atoms with Gasteiger partial charge >= 0.3 is 0 Å². The maximum Gasteiger partial charge on any atom is 0.291 e. The van der Waals surface area contributed by atoms with Crippen LogP contribution in [0.25, 0.3) is 0 Å². The second-order valence-corrected chi connectivity index (χ2v) is 9.99. The molecular weight excluding hydrogens is 491 g/mol. The Labute approximate surface area is 206 Å². The number of aromatic nitrogens is 3. The molecule has 1 fully saturated rings. The Bertz CT molecular complexity index is 1090. The van der Waals surface area contributed by atoms with Crippen LogP contribution in [0.15, 0.2) is 60.0 Å². The average molecular weight is 514 g/mol. The molecule has 2 N–H and O–H groups in total. The van der Waals surface area contributed by atoms with Gasteiger partial charge in [0.1, 0.15) is 11.9 Å². The smallest absolute Gasteiger partial charge is 0.291 e. The summed E-state index contributed by atoms with van der Waals surface area (Å²) in [5, 5.41) is 19.7. The lowest BCUT2D eigenvalue weighted by Gasteiger charge is -2.33. The van der Waals surface area contributed by atoms with Crippen LogP contribution in [0.3, 0.4) is 0 Å². The van der Waals surface area contributed by atoms with Gasteiger partial charge in [-0.2, -0.15) is 5.10 Å². The molecule has 1 aliphatic rings. The molecule has 3 aromatic rings. The third-order valence-corrected chi connectivity index (χ3v) is 7.37. The van der Waals surface area contributed by atoms with Crippen molar-refractivity contribution in [3.05, 3.63) is 70.5 Å². The Kier molecular flexibility index (Phi) is 7.78. The number of rotatable bonds is 7. The van der Waals surface area contributed by atoms with Crippen LogP contribution in [-0.2, 0) is 13.0 Å². The zero-order valence-corrected chi connectivity index (χ0v) is 19.3. The van der Waals surface area contributed by atoms with Crippen molar-refractivity contribution in [2.24, 2.45) is 0 Å². The standard InChI is InChI=1S/C21H19Cl3N4O2S.CH4/c22-15-5-7-16(8-6-15)27-19(29)31-18-25-13-26-28(18)12-21(30,20(24)9-10-20)11-14-3-1-2-4-17(14)23;/h1-8,13,30H,9-12H2,(H,27,29);1H4. The molecule has 1 saturated carbocycles. The van der Waals surface area contributed by atoms with Gasteiger partial charge < -0.3 is 10.4 Å². The number of nitrogens with zero attached hydrogens (tertiary/aromatic N) is 3. The highest BCUT2D eigenvalue weighted by Gasteiger charge is 2.58. The topological polar surface area (TPSA) is 80.0 Å². The third kappa shape index (κ3) is 5.58. The second-order valence-electron chi connectivity index (χ2n) is 7.49. The van der Waals surface area contributed by atoms with Crippen LogP contribution in [0.5, 0.6) is 0 Å². The molecule has 1 atom stereocenters. The van der Waals surface area contributed by atoms with Crippen molar-refractivity contribution in [2.75, 3.05) is 5.32 Å². The maximum absolute atomic E-state index is 12.5. The van der Waals surface area contributed by atoms with E-state index in [2.05, 4.69) is 15.4 Å². The summed E-state index contributed by atoms with van der Waals surface area (Å²) in [6.45, 7) is 0.0816. The predicted molar refractivity (Wildman–Crippen MR) is 131 cm³/mol. The van der Waals surface area contributed by atoms with Gasteiger partial charge in [0.2, 0.25) is 0 Å². The lowest BCUT2D eigenvalue weighted by molar-refractivity contribution is 0.00526. The first-order valence-corrected chi connectivity index (χ1v) is 11.5. The first-order valence-electron chi connectivity index (χ1n) is 9.55. The normalized spacial score (nSPS) is 16.0. The van der Waals surface area contributed by atoms with Gasteiger partial charge in [-0.15, -0.1) is 11.6 Å². The molecule has 1 heterocycles. The number of hydrogen-bond donors (Lipinski definition) is 2. The highest BCUT2D eigenvalue weighted by molar-refractivity contribution is 8.13. The van der Waals surface area contributed by atoms with Gasteiger partial charge in [0, 0.05) is 33.9 Å². The molecule has 170 valence electrons. The van der Waals surface area contributed by atoms with Crippen molar-refractivity contribution in [3.8, 4) is 0 Å². The second kappa shape index (κ2) is 10.0. The Hall–Kier alpha value is -1.77. The van der Waals surface area contributed by atoms with Gasteiger partial charge in [-0.05, 0) is 48.7 Å². The molecule has 0 saturated heterocycles. The fraction of sp³-hybridized carbons (Fsp3) is 0.318. The summed E-state index contributed by atoms with van der Waals surface area (Å²) in [7, 11) is 0. The zero-order chi connectivity index (χ0) is 22.1. The minimum absolute atomic E-state index is 0. The molecule has 0 aliphatic heterocycles. The van der Waals surface area contributed by atoms with Crippen molar-refractivity contribution in [3.63, 3.8) is 0 Å². The highest BCUT2D eigenvalue weighted by atomic mass is 35.5. The molecule has 1 aromatic heterocycles. The van der Waals surface area contributed by atoms with Crippen molar-refractivity contribution >= 4 is 57.5 Å². The SMILES string of the molecule is C.O=C(Nc1ccc(Cl)cc1)Sc1ncnn1CC(O)(Cc1ccccc1Cl)C1(Cl)CC1. The number of anilines is 1. The summed E-state index contributed by atoms with van der Waals surface area (Å²) >= 11 is 19.8. The molecule has 6 nitrogen and oxygen atoms in total. The van der Waals surface area contributed by atoms with E-state index < -0.39 is 10.5 Å². The summed E-state index contributed by atoms with van der Waals surface area (Å²) in [5.74, 6) is 0. The molecule has 0 spiro atoms. The van der Waals surface area contributed by atoms with Gasteiger partial charge in [-0.1, -0.05) is 48.8 Å². The summed E-state index contributed by atoms with van der Waals surface area (Å²) in [5.41, 5.74) is 0.101. The summed E-state index contributed by atoms with van der Waals surface area (Å²) < 4.78 is 1.51. The summed E-state index contributed by atoms with van der Waals surface area (Å²) in [6, 6.07) is 14.1. The highest BCUT2D eigenvalue weighted by Crippen LogP contribution is 2.53. The molecule has 32 heavy (non-hydrogen) atoms. The average Bonchev–Trinajstić information content (AvgIpc) is 3.36. The number of amides is 1. The number of alkyl halides is 1. The van der Waals surface area contributed by atoms with Crippen LogP contribution in [0.4, 0.5) is 10.5 Å². The van der Waals surface area contributed by atoms with Gasteiger partial charge in [-0.3, -0.25) is 4.79 Å². The van der Waals surface area contributed by atoms with E-state index >= 15 is 0 Å². The summed E-state index contributed by atoms with van der Waals surface area (Å²) in [6.07, 6.45) is 2.98. The maximum atomic E-state index is 12.5. The number of aliphatic hydroxyl groups is 1. The van der Waals surface area contributed by atoms with E-state index in [0.29, 0.717) is 33.7 Å². The molecule has 4 rings (SSSR count). The molecule has 1 aliphatic carbocycles. The van der Waals surface area contributed by atoms with Crippen molar-refractivity contribution in [2.45, 2.75) is 48.9 Å². The number of carbonyl (C=O) groups excluding carboxylic acids is 1. The largest absolute Gasteiger partial charge is 0.386 e. The number of halogens is 3. The molecule has 1 amide bonds. The van der Waals surface area contributed by atoms with Crippen molar-refractivity contribution in [1.82, 2.24) is 14.8 Å². The fourth-order valence-electron chi connectivity index (χ4n) is 3.34. The summed E-state index contributed by atoms with van der Waals surface area (Å²) in [4.78, 5) is 15.9. The van der Waals surface area contributed by atoms with Crippen LogP contribution in [0.2, 0.25) is 10.0 Å². The van der Waals surface area contributed by atoms with Gasteiger partial charge in [0.15, 0.2) is 5.16 Å². The number of benzene rings is 2. The zero-order valence-electron chi connectivity index (χ0n) is 16.3. The minimum atomic E-state index is -1.31. The predicted octanol–water partition coefficient (Wildman–Crippen LogP) is 6.29.